The number of fused-ring (bicyclic) bond motifs is 2. The molecular weight excluding hydrogens is 388 g/mol. The lowest BCUT2D eigenvalue weighted by Crippen LogP contribution is -2.09. The van der Waals surface area contributed by atoms with Crippen LogP contribution in [0.25, 0.3) is 21.5 Å². The van der Waals surface area contributed by atoms with Crippen molar-refractivity contribution in [2.45, 2.75) is 59.3 Å². The van der Waals surface area contributed by atoms with Gasteiger partial charge in [0.2, 0.25) is 0 Å². The summed E-state index contributed by atoms with van der Waals surface area (Å²) in [6, 6.07) is 13.7. The fraction of sp³-hybridized carbons (Fsp3) is 0.407. The van der Waals surface area contributed by atoms with E-state index in [1.165, 1.54) is 0 Å². The van der Waals surface area contributed by atoms with E-state index in [1.807, 2.05) is 30.3 Å². The first-order chi connectivity index (χ1) is 15.0. The van der Waals surface area contributed by atoms with Gasteiger partial charge in [-0.15, -0.1) is 0 Å². The van der Waals surface area contributed by atoms with E-state index < -0.39 is 0 Å². The van der Waals surface area contributed by atoms with E-state index in [-0.39, 0.29) is 17.9 Å². The average Bonchev–Trinajstić information content (AvgIpc) is 2.76. The lowest BCUT2D eigenvalue weighted by atomic mass is 9.92. The Kier molecular flexibility index (Phi) is 7.67. The Labute approximate surface area is 184 Å². The third-order valence-electron chi connectivity index (χ3n) is 5.54. The van der Waals surface area contributed by atoms with E-state index in [0.717, 1.165) is 52.8 Å². The maximum Gasteiger partial charge on any atom is 0.338 e. The SMILES string of the molecule is CCCCOC(=O)c1cccc2cc3cc(C(C)C)cc(C(=O)OCCCC)c3cc12. The molecular formula is C27H32O4. The fourth-order valence-corrected chi connectivity index (χ4v) is 3.62. The Morgan fingerprint density at radius 3 is 2.00 bits per heavy atom. The molecule has 0 aliphatic rings. The highest BCUT2D eigenvalue weighted by molar-refractivity contribution is 6.13. The van der Waals surface area contributed by atoms with Crippen LogP contribution in [0.1, 0.15) is 85.6 Å². The molecule has 0 heterocycles. The highest BCUT2D eigenvalue weighted by Crippen LogP contribution is 2.31. The third-order valence-corrected chi connectivity index (χ3v) is 5.54. The molecule has 0 radical (unpaired) electrons. The summed E-state index contributed by atoms with van der Waals surface area (Å²) in [7, 11) is 0. The molecule has 0 N–H and O–H groups in total. The molecule has 3 aromatic rings. The van der Waals surface area contributed by atoms with Crippen LogP contribution in [-0.4, -0.2) is 25.2 Å². The van der Waals surface area contributed by atoms with Gasteiger partial charge in [-0.25, -0.2) is 9.59 Å². The van der Waals surface area contributed by atoms with Crippen molar-refractivity contribution in [3.05, 3.63) is 59.2 Å². The Balaban J connectivity index is 2.13. The van der Waals surface area contributed by atoms with Crippen molar-refractivity contribution in [1.29, 1.82) is 0 Å². The molecule has 0 amide bonds. The Morgan fingerprint density at radius 2 is 1.39 bits per heavy atom. The second-order valence-corrected chi connectivity index (χ2v) is 8.30. The topological polar surface area (TPSA) is 52.6 Å². The molecule has 31 heavy (non-hydrogen) atoms. The number of hydrogen-bond donors (Lipinski definition) is 0. The van der Waals surface area contributed by atoms with Gasteiger partial charge in [0, 0.05) is 0 Å². The molecule has 3 rings (SSSR count). The van der Waals surface area contributed by atoms with Crippen LogP contribution in [0.2, 0.25) is 0 Å². The first kappa shape index (κ1) is 22.8. The number of rotatable bonds is 9. The van der Waals surface area contributed by atoms with Crippen LogP contribution in [0.5, 0.6) is 0 Å². The van der Waals surface area contributed by atoms with Crippen LogP contribution in [0, 0.1) is 0 Å². The van der Waals surface area contributed by atoms with Crippen molar-refractivity contribution in [3.63, 3.8) is 0 Å². The number of esters is 2. The number of carbonyl (C=O) groups excluding carboxylic acids is 2. The van der Waals surface area contributed by atoms with E-state index in [9.17, 15) is 9.59 Å². The molecule has 0 saturated heterocycles. The van der Waals surface area contributed by atoms with Crippen LogP contribution >= 0.6 is 0 Å². The largest absolute Gasteiger partial charge is 0.462 e. The lowest BCUT2D eigenvalue weighted by molar-refractivity contribution is 0.0493. The normalized spacial score (nSPS) is 11.3. The average molecular weight is 421 g/mol. The van der Waals surface area contributed by atoms with E-state index in [1.54, 1.807) is 6.07 Å². The molecule has 3 aromatic carbocycles. The molecule has 4 heteroatoms. The first-order valence-corrected chi connectivity index (χ1v) is 11.3. The monoisotopic (exact) mass is 420 g/mol. The zero-order chi connectivity index (χ0) is 22.4. The lowest BCUT2D eigenvalue weighted by Gasteiger charge is -2.14. The van der Waals surface area contributed by atoms with E-state index in [0.29, 0.717) is 24.3 Å². The molecule has 0 fully saturated rings. The highest BCUT2D eigenvalue weighted by atomic mass is 16.5. The summed E-state index contributed by atoms with van der Waals surface area (Å²) in [6.45, 7) is 9.16. The molecule has 0 aromatic heterocycles. The highest BCUT2D eigenvalue weighted by Gasteiger charge is 2.18. The van der Waals surface area contributed by atoms with Crippen molar-refractivity contribution < 1.29 is 19.1 Å². The standard InChI is InChI=1S/C27H32O4/c1-5-7-12-30-26(28)22-11-9-10-19-14-21-15-20(18(3)4)16-25(24(21)17-23(19)22)27(29)31-13-8-6-2/h9-11,14-18H,5-8,12-13H2,1-4H3. The van der Waals surface area contributed by atoms with Crippen LogP contribution in [0.3, 0.4) is 0 Å². The van der Waals surface area contributed by atoms with Gasteiger partial charge in [-0.1, -0.05) is 58.7 Å². The van der Waals surface area contributed by atoms with Crippen LogP contribution in [-0.2, 0) is 9.47 Å². The predicted octanol–water partition coefficient (Wildman–Crippen LogP) is 7.03. The molecule has 0 aliphatic heterocycles. The number of hydrogen-bond acceptors (Lipinski definition) is 4. The fourth-order valence-electron chi connectivity index (χ4n) is 3.62. The Hall–Kier alpha value is -2.88. The van der Waals surface area contributed by atoms with Gasteiger partial charge >= 0.3 is 11.9 Å². The van der Waals surface area contributed by atoms with Crippen molar-refractivity contribution in [2.24, 2.45) is 0 Å². The smallest absolute Gasteiger partial charge is 0.338 e. The number of benzene rings is 3. The van der Waals surface area contributed by atoms with Gasteiger partial charge in [-0.3, -0.25) is 0 Å². The minimum absolute atomic E-state index is 0.280. The molecule has 0 spiro atoms. The van der Waals surface area contributed by atoms with Gasteiger partial charge in [0.25, 0.3) is 0 Å². The second-order valence-electron chi connectivity index (χ2n) is 8.30. The minimum Gasteiger partial charge on any atom is -0.462 e. The summed E-state index contributed by atoms with van der Waals surface area (Å²) in [5.74, 6) is -0.366. The van der Waals surface area contributed by atoms with Crippen LogP contribution < -0.4 is 0 Å². The molecule has 0 saturated carbocycles. The summed E-state index contributed by atoms with van der Waals surface area (Å²) in [5, 5.41) is 3.50. The van der Waals surface area contributed by atoms with E-state index >= 15 is 0 Å². The Bertz CT molecular complexity index is 1080. The van der Waals surface area contributed by atoms with Crippen LogP contribution in [0.15, 0.2) is 42.5 Å². The summed E-state index contributed by atoms with van der Waals surface area (Å²) in [5.41, 5.74) is 2.16. The minimum atomic E-state index is -0.329. The molecule has 164 valence electrons. The molecule has 0 bridgehead atoms. The third kappa shape index (κ3) is 5.25. The van der Waals surface area contributed by atoms with E-state index in [2.05, 4.69) is 33.8 Å². The number of carbonyl (C=O) groups is 2. The second kappa shape index (κ2) is 10.4. The maximum absolute atomic E-state index is 12.9. The van der Waals surface area contributed by atoms with Gasteiger partial charge in [0.05, 0.1) is 24.3 Å². The predicted molar refractivity (Wildman–Crippen MR) is 126 cm³/mol. The van der Waals surface area contributed by atoms with Crippen molar-refractivity contribution in [2.75, 3.05) is 13.2 Å². The molecule has 0 unspecified atom stereocenters. The van der Waals surface area contributed by atoms with Gasteiger partial charge in [-0.2, -0.15) is 0 Å². The number of ether oxygens (including phenoxy) is 2. The quantitative estimate of drug-likeness (QED) is 0.212. The summed E-state index contributed by atoms with van der Waals surface area (Å²) < 4.78 is 11.0. The van der Waals surface area contributed by atoms with Gasteiger partial charge in [0.15, 0.2) is 0 Å². The molecule has 0 aliphatic carbocycles. The number of unbranched alkanes of at least 4 members (excludes halogenated alkanes) is 2. The zero-order valence-corrected chi connectivity index (χ0v) is 19.0. The summed E-state index contributed by atoms with van der Waals surface area (Å²) in [6.07, 6.45) is 3.61. The summed E-state index contributed by atoms with van der Waals surface area (Å²) in [4.78, 5) is 25.6. The zero-order valence-electron chi connectivity index (χ0n) is 19.0. The van der Waals surface area contributed by atoms with Crippen molar-refractivity contribution >= 4 is 33.5 Å². The van der Waals surface area contributed by atoms with Crippen molar-refractivity contribution in [1.82, 2.24) is 0 Å². The molecule has 0 atom stereocenters. The van der Waals surface area contributed by atoms with Crippen LogP contribution in [0.4, 0.5) is 0 Å². The Morgan fingerprint density at radius 1 is 0.774 bits per heavy atom. The first-order valence-electron chi connectivity index (χ1n) is 11.3. The van der Waals surface area contributed by atoms with Crippen molar-refractivity contribution in [3.8, 4) is 0 Å². The van der Waals surface area contributed by atoms with Gasteiger partial charge in [0.1, 0.15) is 0 Å². The van der Waals surface area contributed by atoms with Gasteiger partial charge < -0.3 is 9.47 Å². The van der Waals surface area contributed by atoms with E-state index in [4.69, 9.17) is 9.47 Å². The van der Waals surface area contributed by atoms with Gasteiger partial charge in [-0.05, 0) is 70.1 Å². The summed E-state index contributed by atoms with van der Waals surface area (Å²) >= 11 is 0. The molecule has 4 nitrogen and oxygen atoms in total. The maximum atomic E-state index is 12.9.